The topological polar surface area (TPSA) is 17.1 Å². The van der Waals surface area contributed by atoms with E-state index >= 15 is 0 Å². The lowest BCUT2D eigenvalue weighted by Gasteiger charge is -2.36. The summed E-state index contributed by atoms with van der Waals surface area (Å²) in [5.41, 5.74) is 2.82. The molecule has 0 unspecified atom stereocenters. The molecule has 0 saturated carbocycles. The molecule has 1 nitrogen and oxygen atoms in total. The summed E-state index contributed by atoms with van der Waals surface area (Å²) < 4.78 is 0. The summed E-state index contributed by atoms with van der Waals surface area (Å²) in [6.45, 7) is 6.50. The van der Waals surface area contributed by atoms with Crippen molar-refractivity contribution in [1.82, 2.24) is 0 Å². The van der Waals surface area contributed by atoms with Crippen LogP contribution in [-0.2, 0) is 4.79 Å². The van der Waals surface area contributed by atoms with Crippen LogP contribution in [0.5, 0.6) is 0 Å². The van der Waals surface area contributed by atoms with Crippen LogP contribution in [0.1, 0.15) is 40.0 Å². The van der Waals surface area contributed by atoms with Crippen molar-refractivity contribution in [2.24, 2.45) is 11.3 Å². The predicted octanol–water partition coefficient (Wildman–Crippen LogP) is 3.27. The van der Waals surface area contributed by atoms with Crippen LogP contribution in [0.4, 0.5) is 0 Å². The molecular formula is C13H18O. The van der Waals surface area contributed by atoms with E-state index in [1.807, 2.05) is 6.08 Å². The maximum atomic E-state index is 11.7. The van der Waals surface area contributed by atoms with E-state index in [1.165, 1.54) is 11.1 Å². The largest absolute Gasteiger partial charge is 0.295 e. The van der Waals surface area contributed by atoms with Gasteiger partial charge < -0.3 is 0 Å². The lowest BCUT2D eigenvalue weighted by atomic mass is 9.68. The SMILES string of the molecule is CC1=CC(=O)C[C@]2(C)C[C@H]1CC=C2C. The van der Waals surface area contributed by atoms with Gasteiger partial charge in [-0.3, -0.25) is 4.79 Å². The second kappa shape index (κ2) is 3.08. The minimum Gasteiger partial charge on any atom is -0.295 e. The van der Waals surface area contributed by atoms with Crippen molar-refractivity contribution < 1.29 is 4.79 Å². The van der Waals surface area contributed by atoms with Crippen molar-refractivity contribution in [2.45, 2.75) is 40.0 Å². The number of allylic oxidation sites excluding steroid dienone is 4. The molecule has 2 aliphatic carbocycles. The van der Waals surface area contributed by atoms with Gasteiger partial charge >= 0.3 is 0 Å². The highest BCUT2D eigenvalue weighted by atomic mass is 16.1. The fourth-order valence-electron chi connectivity index (χ4n) is 2.72. The molecule has 2 rings (SSSR count). The first kappa shape index (κ1) is 9.70. The monoisotopic (exact) mass is 190 g/mol. The van der Waals surface area contributed by atoms with Gasteiger partial charge in [0.25, 0.3) is 0 Å². The molecule has 1 heteroatoms. The molecule has 0 saturated heterocycles. The Balaban J connectivity index is 2.42. The molecule has 2 aliphatic rings. The maximum absolute atomic E-state index is 11.7. The first-order chi connectivity index (χ1) is 6.51. The first-order valence-corrected chi connectivity index (χ1v) is 5.39. The maximum Gasteiger partial charge on any atom is 0.156 e. The second-order valence-electron chi connectivity index (χ2n) is 5.12. The number of carbonyl (C=O) groups excluding carboxylic acids is 1. The van der Waals surface area contributed by atoms with E-state index < -0.39 is 0 Å². The average Bonchev–Trinajstić information content (AvgIpc) is 2.17. The Morgan fingerprint density at radius 1 is 1.43 bits per heavy atom. The molecule has 0 aromatic rings. The normalized spacial score (nSPS) is 37.4. The van der Waals surface area contributed by atoms with Gasteiger partial charge in [-0.15, -0.1) is 0 Å². The minimum atomic E-state index is 0.133. The Kier molecular flexibility index (Phi) is 2.13. The van der Waals surface area contributed by atoms with E-state index in [0.717, 1.165) is 12.8 Å². The molecule has 14 heavy (non-hydrogen) atoms. The Morgan fingerprint density at radius 2 is 2.14 bits per heavy atom. The van der Waals surface area contributed by atoms with Crippen LogP contribution in [0.2, 0.25) is 0 Å². The Hall–Kier alpha value is -0.850. The molecule has 0 N–H and O–H groups in total. The Bertz CT molecular complexity index is 335. The summed E-state index contributed by atoms with van der Waals surface area (Å²) in [6.07, 6.45) is 7.16. The van der Waals surface area contributed by atoms with E-state index in [2.05, 4.69) is 26.8 Å². The number of carbonyl (C=O) groups is 1. The summed E-state index contributed by atoms with van der Waals surface area (Å²) in [6, 6.07) is 0. The van der Waals surface area contributed by atoms with Crippen molar-refractivity contribution in [1.29, 1.82) is 0 Å². The fourth-order valence-corrected chi connectivity index (χ4v) is 2.72. The van der Waals surface area contributed by atoms with Crippen LogP contribution in [-0.4, -0.2) is 5.78 Å². The molecule has 0 heterocycles. The highest BCUT2D eigenvalue weighted by Crippen LogP contribution is 2.46. The number of hydrogen-bond acceptors (Lipinski definition) is 1. The van der Waals surface area contributed by atoms with Crippen LogP contribution in [0.25, 0.3) is 0 Å². The van der Waals surface area contributed by atoms with Crippen molar-refractivity contribution in [3.05, 3.63) is 23.3 Å². The molecule has 0 aliphatic heterocycles. The molecule has 2 atom stereocenters. The van der Waals surface area contributed by atoms with E-state index in [0.29, 0.717) is 18.1 Å². The van der Waals surface area contributed by atoms with Crippen LogP contribution in [0.3, 0.4) is 0 Å². The van der Waals surface area contributed by atoms with Gasteiger partial charge in [0.05, 0.1) is 0 Å². The van der Waals surface area contributed by atoms with Gasteiger partial charge in [-0.2, -0.15) is 0 Å². The molecule has 2 bridgehead atoms. The fraction of sp³-hybridized carbons (Fsp3) is 0.615. The zero-order chi connectivity index (χ0) is 10.3. The first-order valence-electron chi connectivity index (χ1n) is 5.39. The van der Waals surface area contributed by atoms with Crippen LogP contribution < -0.4 is 0 Å². The van der Waals surface area contributed by atoms with Crippen LogP contribution in [0, 0.1) is 11.3 Å². The molecular weight excluding hydrogens is 172 g/mol. The van der Waals surface area contributed by atoms with Crippen molar-refractivity contribution in [2.75, 3.05) is 0 Å². The third-order valence-electron chi connectivity index (χ3n) is 3.95. The highest BCUT2D eigenvalue weighted by molar-refractivity contribution is 5.91. The number of fused-ring (bicyclic) bond motifs is 2. The lowest BCUT2D eigenvalue weighted by molar-refractivity contribution is -0.116. The van der Waals surface area contributed by atoms with Crippen LogP contribution >= 0.6 is 0 Å². The summed E-state index contributed by atoms with van der Waals surface area (Å²) in [4.78, 5) is 11.7. The molecule has 0 fully saturated rings. The van der Waals surface area contributed by atoms with Gasteiger partial charge in [-0.25, -0.2) is 0 Å². The standard InChI is InChI=1S/C13H18O/c1-9-6-12(14)8-13(3)7-11(9)5-4-10(13)2/h4,6,11H,5,7-8H2,1-3H3/t11-,13+/m1/s1. The van der Waals surface area contributed by atoms with Gasteiger partial charge in [-0.1, -0.05) is 24.1 Å². The predicted molar refractivity (Wildman–Crippen MR) is 58.0 cm³/mol. The van der Waals surface area contributed by atoms with Crippen LogP contribution in [0.15, 0.2) is 23.3 Å². The van der Waals surface area contributed by atoms with E-state index in [4.69, 9.17) is 0 Å². The zero-order valence-corrected chi connectivity index (χ0v) is 9.26. The molecule has 76 valence electrons. The molecule has 0 aromatic heterocycles. The third-order valence-corrected chi connectivity index (χ3v) is 3.95. The molecule has 0 radical (unpaired) electrons. The molecule has 0 spiro atoms. The number of ketones is 1. The summed E-state index contributed by atoms with van der Waals surface area (Å²) in [7, 11) is 0. The van der Waals surface area contributed by atoms with E-state index in [1.54, 1.807) is 0 Å². The van der Waals surface area contributed by atoms with Gasteiger partial charge in [-0.05, 0) is 44.1 Å². The Morgan fingerprint density at radius 3 is 2.86 bits per heavy atom. The van der Waals surface area contributed by atoms with Crippen molar-refractivity contribution >= 4 is 5.78 Å². The quantitative estimate of drug-likeness (QED) is 0.536. The summed E-state index contributed by atoms with van der Waals surface area (Å²) >= 11 is 0. The van der Waals surface area contributed by atoms with Gasteiger partial charge in [0.15, 0.2) is 5.78 Å². The highest BCUT2D eigenvalue weighted by Gasteiger charge is 2.37. The van der Waals surface area contributed by atoms with Gasteiger partial charge in [0, 0.05) is 6.42 Å². The number of hydrogen-bond donors (Lipinski definition) is 0. The molecule has 0 amide bonds. The van der Waals surface area contributed by atoms with Gasteiger partial charge in [0.2, 0.25) is 0 Å². The number of rotatable bonds is 0. The van der Waals surface area contributed by atoms with Crippen molar-refractivity contribution in [3.63, 3.8) is 0 Å². The smallest absolute Gasteiger partial charge is 0.156 e. The van der Waals surface area contributed by atoms with E-state index in [9.17, 15) is 4.79 Å². The average molecular weight is 190 g/mol. The third kappa shape index (κ3) is 1.45. The minimum absolute atomic E-state index is 0.133. The lowest BCUT2D eigenvalue weighted by Crippen LogP contribution is -2.26. The van der Waals surface area contributed by atoms with Gasteiger partial charge in [0.1, 0.15) is 0 Å². The Labute approximate surface area is 85.9 Å². The van der Waals surface area contributed by atoms with Crippen molar-refractivity contribution in [3.8, 4) is 0 Å². The second-order valence-corrected chi connectivity index (χ2v) is 5.12. The van der Waals surface area contributed by atoms with E-state index in [-0.39, 0.29) is 5.41 Å². The molecule has 0 aromatic carbocycles. The summed E-state index contributed by atoms with van der Waals surface area (Å²) in [5.74, 6) is 0.914. The zero-order valence-electron chi connectivity index (χ0n) is 9.26. The summed E-state index contributed by atoms with van der Waals surface area (Å²) in [5, 5.41) is 0.